The van der Waals surface area contributed by atoms with E-state index in [0.717, 1.165) is 11.3 Å². The zero-order valence-corrected chi connectivity index (χ0v) is 15.7. The second-order valence-electron chi connectivity index (χ2n) is 6.08. The molecule has 0 aliphatic heterocycles. The van der Waals surface area contributed by atoms with Crippen LogP contribution in [0, 0.1) is 12.7 Å². The molecule has 0 saturated carbocycles. The number of aromatic nitrogens is 2. The van der Waals surface area contributed by atoms with E-state index in [9.17, 15) is 9.18 Å². The van der Waals surface area contributed by atoms with Gasteiger partial charge in [0, 0.05) is 5.56 Å². The summed E-state index contributed by atoms with van der Waals surface area (Å²) in [7, 11) is 1.59. The molecule has 1 atom stereocenters. The summed E-state index contributed by atoms with van der Waals surface area (Å²) in [5.74, 6) is -0.117. The van der Waals surface area contributed by atoms with Gasteiger partial charge in [-0.15, -0.1) is 0 Å². The molecule has 28 heavy (non-hydrogen) atoms. The Labute approximate surface area is 161 Å². The first-order chi connectivity index (χ1) is 13.5. The lowest BCUT2D eigenvalue weighted by atomic mass is 10.1. The van der Waals surface area contributed by atoms with Crippen molar-refractivity contribution in [3.63, 3.8) is 0 Å². The molecular formula is C20H20FN3O4. The summed E-state index contributed by atoms with van der Waals surface area (Å²) in [5, 5.41) is 10.3. The number of carbonyl (C=O) groups excluding carboxylic acids is 1. The first-order valence-electron chi connectivity index (χ1n) is 8.73. The van der Waals surface area contributed by atoms with E-state index in [1.807, 2.05) is 13.0 Å². The number of amides is 1. The first kappa shape index (κ1) is 19.3. The van der Waals surface area contributed by atoms with Crippen LogP contribution in [0.3, 0.4) is 0 Å². The van der Waals surface area contributed by atoms with Crippen molar-refractivity contribution in [1.82, 2.24) is 10.3 Å². The Morgan fingerprint density at radius 1 is 1.21 bits per heavy atom. The number of hydrogen-bond acceptors (Lipinski definition) is 6. The molecule has 7 nitrogen and oxygen atoms in total. The van der Waals surface area contributed by atoms with Gasteiger partial charge in [-0.05, 0) is 59.6 Å². The molecule has 0 spiro atoms. The highest BCUT2D eigenvalue weighted by Crippen LogP contribution is 2.29. The monoisotopic (exact) mass is 385 g/mol. The number of hydrogen-bond donors (Lipinski definition) is 1. The van der Waals surface area contributed by atoms with Crippen LogP contribution in [0.5, 0.6) is 11.5 Å². The lowest BCUT2D eigenvalue weighted by molar-refractivity contribution is -0.122. The second kappa shape index (κ2) is 8.51. The van der Waals surface area contributed by atoms with E-state index >= 15 is 0 Å². The van der Waals surface area contributed by atoms with Gasteiger partial charge in [0.15, 0.2) is 23.4 Å². The average molecular weight is 385 g/mol. The maximum atomic E-state index is 13.8. The smallest absolute Gasteiger partial charge is 0.266 e. The molecule has 0 aliphatic carbocycles. The zero-order valence-electron chi connectivity index (χ0n) is 15.7. The van der Waals surface area contributed by atoms with Gasteiger partial charge in [0.1, 0.15) is 5.75 Å². The van der Waals surface area contributed by atoms with Gasteiger partial charge in [-0.2, -0.15) is 0 Å². The largest absolute Gasteiger partial charge is 0.496 e. The first-order valence-corrected chi connectivity index (χ1v) is 8.73. The SMILES string of the molecule is CCC(Oc1ccccc1F)C(=O)Nc1nonc1-c1ccc(OC)c(C)c1. The number of nitrogens with one attached hydrogen (secondary N) is 1. The maximum absolute atomic E-state index is 13.8. The third-order valence-electron chi connectivity index (χ3n) is 4.17. The number of aryl methyl sites for hydroxylation is 1. The molecule has 1 aromatic heterocycles. The van der Waals surface area contributed by atoms with Crippen molar-refractivity contribution in [3.05, 3.63) is 53.8 Å². The fourth-order valence-electron chi connectivity index (χ4n) is 2.70. The van der Waals surface area contributed by atoms with Gasteiger partial charge in [0.2, 0.25) is 5.82 Å². The van der Waals surface area contributed by atoms with Gasteiger partial charge >= 0.3 is 0 Å². The number of ether oxygens (including phenoxy) is 2. The summed E-state index contributed by atoms with van der Waals surface area (Å²) in [6.07, 6.45) is -0.568. The third-order valence-corrected chi connectivity index (χ3v) is 4.17. The van der Waals surface area contributed by atoms with Crippen molar-refractivity contribution in [2.45, 2.75) is 26.4 Å². The Hall–Kier alpha value is -3.42. The Kier molecular flexibility index (Phi) is 5.88. The molecule has 1 N–H and O–H groups in total. The van der Waals surface area contributed by atoms with Crippen LogP contribution in [0.25, 0.3) is 11.3 Å². The summed E-state index contributed by atoms with van der Waals surface area (Å²) >= 11 is 0. The lowest BCUT2D eigenvalue weighted by Gasteiger charge is -2.17. The zero-order chi connectivity index (χ0) is 20.1. The predicted molar refractivity (Wildman–Crippen MR) is 101 cm³/mol. The van der Waals surface area contributed by atoms with Crippen LogP contribution in [0.2, 0.25) is 0 Å². The molecular weight excluding hydrogens is 365 g/mol. The molecule has 3 aromatic rings. The van der Waals surface area contributed by atoms with E-state index in [4.69, 9.17) is 14.1 Å². The minimum Gasteiger partial charge on any atom is -0.496 e. The number of benzene rings is 2. The molecule has 2 aromatic carbocycles. The number of carbonyl (C=O) groups is 1. The molecule has 1 unspecified atom stereocenters. The highest BCUT2D eigenvalue weighted by molar-refractivity contribution is 5.96. The van der Waals surface area contributed by atoms with Gasteiger partial charge in [-0.1, -0.05) is 19.1 Å². The van der Waals surface area contributed by atoms with E-state index in [2.05, 4.69) is 15.6 Å². The van der Waals surface area contributed by atoms with Crippen molar-refractivity contribution in [1.29, 1.82) is 0 Å². The summed E-state index contributed by atoms with van der Waals surface area (Å²) in [5.41, 5.74) is 1.98. The topological polar surface area (TPSA) is 86.5 Å². The molecule has 0 fully saturated rings. The number of anilines is 1. The van der Waals surface area contributed by atoms with Gasteiger partial charge in [-0.3, -0.25) is 4.79 Å². The molecule has 1 heterocycles. The number of halogens is 1. The van der Waals surface area contributed by atoms with Gasteiger partial charge in [-0.25, -0.2) is 9.02 Å². The van der Waals surface area contributed by atoms with Crippen LogP contribution in [0.4, 0.5) is 10.2 Å². The van der Waals surface area contributed by atoms with E-state index in [-0.39, 0.29) is 11.6 Å². The van der Waals surface area contributed by atoms with Gasteiger partial charge < -0.3 is 14.8 Å². The van der Waals surface area contributed by atoms with Crippen LogP contribution < -0.4 is 14.8 Å². The van der Waals surface area contributed by atoms with Crippen molar-refractivity contribution >= 4 is 11.7 Å². The maximum Gasteiger partial charge on any atom is 0.266 e. The minimum atomic E-state index is -0.904. The molecule has 146 valence electrons. The van der Waals surface area contributed by atoms with Crippen LogP contribution in [0.15, 0.2) is 47.1 Å². The fraction of sp³-hybridized carbons (Fsp3) is 0.250. The average Bonchev–Trinajstić information content (AvgIpc) is 3.15. The Morgan fingerprint density at radius 2 is 2.00 bits per heavy atom. The molecule has 0 saturated heterocycles. The number of rotatable bonds is 7. The van der Waals surface area contributed by atoms with Crippen molar-refractivity contribution in [2.24, 2.45) is 0 Å². The van der Waals surface area contributed by atoms with Gasteiger partial charge in [0.25, 0.3) is 5.91 Å². The van der Waals surface area contributed by atoms with E-state index in [1.165, 1.54) is 12.1 Å². The Morgan fingerprint density at radius 3 is 2.68 bits per heavy atom. The second-order valence-corrected chi connectivity index (χ2v) is 6.08. The van der Waals surface area contributed by atoms with E-state index in [0.29, 0.717) is 17.7 Å². The van der Waals surface area contributed by atoms with E-state index in [1.54, 1.807) is 38.3 Å². The lowest BCUT2D eigenvalue weighted by Crippen LogP contribution is -2.32. The van der Waals surface area contributed by atoms with Crippen molar-refractivity contribution in [3.8, 4) is 22.8 Å². The van der Waals surface area contributed by atoms with Crippen LogP contribution in [0.1, 0.15) is 18.9 Å². The van der Waals surface area contributed by atoms with Crippen LogP contribution in [-0.2, 0) is 4.79 Å². The summed E-state index contributed by atoms with van der Waals surface area (Å²) < 4.78 is 29.4. The summed E-state index contributed by atoms with van der Waals surface area (Å²) in [6.45, 7) is 3.66. The number of nitrogens with zero attached hydrogens (tertiary/aromatic N) is 2. The molecule has 8 heteroatoms. The standard InChI is InChI=1S/C20H20FN3O4/c1-4-15(27-17-8-6-5-7-14(17)21)20(25)22-19-18(23-28-24-19)13-9-10-16(26-3)12(2)11-13/h5-11,15H,4H2,1-3H3,(H,22,24,25). The molecule has 3 rings (SSSR count). The quantitative estimate of drug-likeness (QED) is 0.662. The summed E-state index contributed by atoms with van der Waals surface area (Å²) in [6, 6.07) is 11.3. The number of para-hydroxylation sites is 1. The molecule has 0 bridgehead atoms. The normalized spacial score (nSPS) is 11.7. The Bertz CT molecular complexity index is 974. The Balaban J connectivity index is 1.78. The highest BCUT2D eigenvalue weighted by atomic mass is 19.1. The fourth-order valence-corrected chi connectivity index (χ4v) is 2.70. The molecule has 1 amide bonds. The molecule has 0 radical (unpaired) electrons. The summed E-state index contributed by atoms with van der Waals surface area (Å²) in [4.78, 5) is 12.6. The third kappa shape index (κ3) is 4.11. The number of methoxy groups -OCH3 is 1. The molecule has 0 aliphatic rings. The predicted octanol–water partition coefficient (Wildman–Crippen LogP) is 3.99. The van der Waals surface area contributed by atoms with Crippen LogP contribution in [-0.4, -0.2) is 29.4 Å². The minimum absolute atomic E-state index is 0.00813. The van der Waals surface area contributed by atoms with Crippen LogP contribution >= 0.6 is 0 Å². The highest BCUT2D eigenvalue weighted by Gasteiger charge is 2.23. The van der Waals surface area contributed by atoms with Gasteiger partial charge in [0.05, 0.1) is 7.11 Å². The van der Waals surface area contributed by atoms with Crippen molar-refractivity contribution < 1.29 is 23.3 Å². The van der Waals surface area contributed by atoms with E-state index < -0.39 is 17.8 Å². The van der Waals surface area contributed by atoms with Crippen molar-refractivity contribution in [2.75, 3.05) is 12.4 Å².